The van der Waals surface area contributed by atoms with E-state index in [1.807, 2.05) is 12.3 Å². The fourth-order valence-electron chi connectivity index (χ4n) is 2.50. The molecule has 114 valence electrons. The normalized spacial score (nSPS) is 13.6. The predicted octanol–water partition coefficient (Wildman–Crippen LogP) is 6.48. The van der Waals surface area contributed by atoms with Gasteiger partial charge in [-0.25, -0.2) is 0 Å². The zero-order valence-corrected chi connectivity index (χ0v) is 13.6. The van der Waals surface area contributed by atoms with Crippen molar-refractivity contribution in [3.05, 3.63) is 37.1 Å². The van der Waals surface area contributed by atoms with Gasteiger partial charge in [-0.1, -0.05) is 84.1 Å². The molecule has 0 aliphatic carbocycles. The number of hydrogen-bond donors (Lipinski definition) is 0. The molecule has 1 nitrogen and oxygen atoms in total. The molecule has 0 aromatic rings. The highest BCUT2D eigenvalue weighted by Gasteiger charge is 2.12. The molecule has 0 radical (unpaired) electrons. The Hall–Kier alpha value is -1.11. The molecule has 0 spiro atoms. The van der Waals surface area contributed by atoms with E-state index in [2.05, 4.69) is 38.1 Å². The average Bonchev–Trinajstić information content (AvgIpc) is 2.46. The van der Waals surface area contributed by atoms with Gasteiger partial charge in [-0.05, 0) is 24.3 Å². The fourth-order valence-corrected chi connectivity index (χ4v) is 2.50. The van der Waals surface area contributed by atoms with Crippen LogP contribution >= 0.6 is 0 Å². The first-order valence-corrected chi connectivity index (χ1v) is 8.26. The second-order valence-corrected chi connectivity index (χ2v) is 5.41. The molecule has 0 heterocycles. The van der Waals surface area contributed by atoms with Crippen molar-refractivity contribution in [1.29, 1.82) is 0 Å². The zero-order valence-electron chi connectivity index (χ0n) is 13.6. The Morgan fingerprint density at radius 3 is 2.10 bits per heavy atom. The van der Waals surface area contributed by atoms with Gasteiger partial charge in [0.15, 0.2) is 0 Å². The predicted molar refractivity (Wildman–Crippen MR) is 93.4 cm³/mol. The number of rotatable bonds is 13. The summed E-state index contributed by atoms with van der Waals surface area (Å²) in [4.78, 5) is 4.21. The third kappa shape index (κ3) is 9.77. The minimum absolute atomic E-state index is 0.625. The van der Waals surface area contributed by atoms with Gasteiger partial charge in [0.25, 0.3) is 0 Å². The lowest BCUT2D eigenvalue weighted by Crippen LogP contribution is -2.06. The minimum atomic E-state index is 0.625. The van der Waals surface area contributed by atoms with Crippen LogP contribution in [0, 0.1) is 5.92 Å². The summed E-state index contributed by atoms with van der Waals surface area (Å²) in [6.45, 7) is 12.0. The average molecular weight is 275 g/mol. The second kappa shape index (κ2) is 14.3. The summed E-state index contributed by atoms with van der Waals surface area (Å²) < 4.78 is 0. The molecule has 0 aromatic carbocycles. The quantitative estimate of drug-likeness (QED) is 0.207. The van der Waals surface area contributed by atoms with Gasteiger partial charge in [-0.15, -0.1) is 0 Å². The summed E-state index contributed by atoms with van der Waals surface area (Å²) in [5, 5.41) is 0. The van der Waals surface area contributed by atoms with E-state index in [0.29, 0.717) is 5.92 Å². The van der Waals surface area contributed by atoms with Crippen molar-refractivity contribution >= 4 is 6.21 Å². The summed E-state index contributed by atoms with van der Waals surface area (Å²) in [7, 11) is 0. The van der Waals surface area contributed by atoms with Crippen molar-refractivity contribution in [2.45, 2.75) is 71.6 Å². The van der Waals surface area contributed by atoms with Crippen LogP contribution in [0.1, 0.15) is 71.6 Å². The van der Waals surface area contributed by atoms with E-state index in [1.165, 1.54) is 63.4 Å². The van der Waals surface area contributed by atoms with Crippen molar-refractivity contribution in [2.75, 3.05) is 0 Å². The van der Waals surface area contributed by atoms with Gasteiger partial charge in [0, 0.05) is 12.4 Å². The number of aliphatic imine (C=N–C) groups is 1. The van der Waals surface area contributed by atoms with E-state index in [1.54, 1.807) is 6.20 Å². The summed E-state index contributed by atoms with van der Waals surface area (Å²) in [6, 6.07) is 0. The molecular weight excluding hydrogens is 242 g/mol. The molecule has 20 heavy (non-hydrogen) atoms. The van der Waals surface area contributed by atoms with Gasteiger partial charge in [-0.3, -0.25) is 4.99 Å². The smallest absolute Gasteiger partial charge is 0.0302 e. The van der Waals surface area contributed by atoms with E-state index in [9.17, 15) is 0 Å². The number of allylic oxidation sites excluding steroid dienone is 3. The SMILES string of the molecule is C=C/C=C(\C=N/C=C)C(CCCCC)CCCCCC. The Morgan fingerprint density at radius 1 is 0.950 bits per heavy atom. The highest BCUT2D eigenvalue weighted by atomic mass is 14.7. The maximum atomic E-state index is 4.21. The lowest BCUT2D eigenvalue weighted by atomic mass is 9.88. The van der Waals surface area contributed by atoms with Crippen molar-refractivity contribution in [2.24, 2.45) is 10.9 Å². The minimum Gasteiger partial charge on any atom is -0.265 e. The van der Waals surface area contributed by atoms with E-state index < -0.39 is 0 Å². The second-order valence-electron chi connectivity index (χ2n) is 5.41. The summed E-state index contributed by atoms with van der Waals surface area (Å²) in [5.41, 5.74) is 1.31. The Balaban J connectivity index is 4.57. The van der Waals surface area contributed by atoms with Crippen molar-refractivity contribution in [3.8, 4) is 0 Å². The maximum Gasteiger partial charge on any atom is 0.0302 e. The van der Waals surface area contributed by atoms with Crippen LogP contribution in [-0.2, 0) is 0 Å². The largest absolute Gasteiger partial charge is 0.265 e. The third-order valence-electron chi connectivity index (χ3n) is 3.67. The topological polar surface area (TPSA) is 12.4 Å². The Bertz CT molecular complexity index is 299. The lowest BCUT2D eigenvalue weighted by molar-refractivity contribution is 0.469. The molecule has 0 saturated heterocycles. The Labute approximate surface area is 126 Å². The van der Waals surface area contributed by atoms with Crippen LogP contribution in [0.4, 0.5) is 0 Å². The first-order valence-electron chi connectivity index (χ1n) is 8.26. The molecular formula is C19H33N. The van der Waals surface area contributed by atoms with Crippen LogP contribution in [-0.4, -0.2) is 6.21 Å². The molecule has 0 fully saturated rings. The van der Waals surface area contributed by atoms with E-state index in [4.69, 9.17) is 0 Å². The molecule has 0 N–H and O–H groups in total. The highest BCUT2D eigenvalue weighted by Crippen LogP contribution is 2.24. The van der Waals surface area contributed by atoms with Gasteiger partial charge >= 0.3 is 0 Å². The van der Waals surface area contributed by atoms with E-state index >= 15 is 0 Å². The highest BCUT2D eigenvalue weighted by molar-refractivity contribution is 5.80. The van der Waals surface area contributed by atoms with Gasteiger partial charge in [-0.2, -0.15) is 0 Å². The third-order valence-corrected chi connectivity index (χ3v) is 3.67. The molecule has 0 aliphatic rings. The molecule has 1 unspecified atom stereocenters. The van der Waals surface area contributed by atoms with E-state index in [0.717, 1.165) is 0 Å². The van der Waals surface area contributed by atoms with Crippen molar-refractivity contribution in [3.63, 3.8) is 0 Å². The number of nitrogens with zero attached hydrogens (tertiary/aromatic N) is 1. The summed E-state index contributed by atoms with van der Waals surface area (Å²) in [5.74, 6) is 0.625. The molecule has 0 rings (SSSR count). The number of hydrogen-bond acceptors (Lipinski definition) is 1. The molecule has 0 aromatic heterocycles. The molecule has 0 amide bonds. The molecule has 0 aliphatic heterocycles. The Kier molecular flexibility index (Phi) is 13.5. The van der Waals surface area contributed by atoms with Gasteiger partial charge in [0.05, 0.1) is 0 Å². The number of unbranched alkanes of at least 4 members (excludes halogenated alkanes) is 5. The van der Waals surface area contributed by atoms with Crippen LogP contribution in [0.5, 0.6) is 0 Å². The first kappa shape index (κ1) is 18.9. The Morgan fingerprint density at radius 2 is 1.55 bits per heavy atom. The van der Waals surface area contributed by atoms with Crippen LogP contribution in [0.15, 0.2) is 42.1 Å². The molecule has 1 heteroatoms. The summed E-state index contributed by atoms with van der Waals surface area (Å²) >= 11 is 0. The van der Waals surface area contributed by atoms with Gasteiger partial charge < -0.3 is 0 Å². The van der Waals surface area contributed by atoms with Crippen molar-refractivity contribution < 1.29 is 0 Å². The lowest BCUT2D eigenvalue weighted by Gasteiger charge is -2.17. The molecule has 1 atom stereocenters. The van der Waals surface area contributed by atoms with Gasteiger partial charge in [0.1, 0.15) is 0 Å². The zero-order chi connectivity index (χ0) is 15.1. The molecule has 0 bridgehead atoms. The van der Waals surface area contributed by atoms with Crippen LogP contribution in [0.3, 0.4) is 0 Å². The van der Waals surface area contributed by atoms with Crippen LogP contribution in [0.2, 0.25) is 0 Å². The van der Waals surface area contributed by atoms with Gasteiger partial charge in [0.2, 0.25) is 0 Å². The van der Waals surface area contributed by atoms with Crippen LogP contribution < -0.4 is 0 Å². The monoisotopic (exact) mass is 275 g/mol. The molecule has 0 saturated carbocycles. The van der Waals surface area contributed by atoms with Crippen molar-refractivity contribution in [1.82, 2.24) is 0 Å². The maximum absolute atomic E-state index is 4.21. The first-order chi connectivity index (χ1) is 9.79. The van der Waals surface area contributed by atoms with E-state index in [-0.39, 0.29) is 0 Å². The standard InChI is InChI=1S/C19H33N/c1-5-9-11-13-16-18(15-12-10-6-2)19(14-7-3)17-20-8-4/h7-8,14,17-18H,3-6,9-13,15-16H2,1-2H3/b19-14+,20-17-. The van der Waals surface area contributed by atoms with Crippen LogP contribution in [0.25, 0.3) is 0 Å². The summed E-state index contributed by atoms with van der Waals surface area (Å²) in [6.07, 6.45) is 19.3. The fraction of sp³-hybridized carbons (Fsp3) is 0.632.